The van der Waals surface area contributed by atoms with Crippen LogP contribution in [0.5, 0.6) is 0 Å². The fourth-order valence-electron chi connectivity index (χ4n) is 2.39. The summed E-state index contributed by atoms with van der Waals surface area (Å²) in [5, 5.41) is 3.32. The maximum Gasteiger partial charge on any atom is 0.0110 e. The van der Waals surface area contributed by atoms with E-state index in [2.05, 4.69) is 42.9 Å². The van der Waals surface area contributed by atoms with Gasteiger partial charge in [-0.25, -0.2) is 0 Å². The van der Waals surface area contributed by atoms with Gasteiger partial charge in [0.15, 0.2) is 0 Å². The Labute approximate surface area is 101 Å². The zero-order valence-corrected chi connectivity index (χ0v) is 11.5. The van der Waals surface area contributed by atoms with E-state index < -0.39 is 0 Å². The molecule has 0 bridgehead atoms. The van der Waals surface area contributed by atoms with E-state index in [1.807, 2.05) is 0 Å². The van der Waals surface area contributed by atoms with Crippen molar-refractivity contribution in [2.45, 2.75) is 20.8 Å². The predicted molar refractivity (Wildman–Crippen MR) is 70.8 cm³/mol. The highest BCUT2D eigenvalue weighted by molar-refractivity contribution is 4.76. The van der Waals surface area contributed by atoms with Gasteiger partial charge in [-0.05, 0) is 32.0 Å². The Morgan fingerprint density at radius 3 is 2.06 bits per heavy atom. The smallest absolute Gasteiger partial charge is 0.0110 e. The molecule has 1 fully saturated rings. The first-order chi connectivity index (χ1) is 7.67. The molecule has 16 heavy (non-hydrogen) atoms. The molecule has 96 valence electrons. The average molecular weight is 227 g/mol. The molecule has 3 nitrogen and oxygen atoms in total. The van der Waals surface area contributed by atoms with Gasteiger partial charge < -0.3 is 15.1 Å². The Hall–Kier alpha value is -0.120. The summed E-state index contributed by atoms with van der Waals surface area (Å²) in [6.45, 7) is 15.5. The summed E-state index contributed by atoms with van der Waals surface area (Å²) in [7, 11) is 2.06. The van der Waals surface area contributed by atoms with Gasteiger partial charge in [0.25, 0.3) is 0 Å². The van der Waals surface area contributed by atoms with Gasteiger partial charge in [0.05, 0.1) is 0 Å². The summed E-state index contributed by atoms with van der Waals surface area (Å²) in [5.41, 5.74) is 0. The van der Waals surface area contributed by atoms with E-state index in [1.54, 1.807) is 0 Å². The maximum atomic E-state index is 3.32. The topological polar surface area (TPSA) is 18.5 Å². The highest BCUT2D eigenvalue weighted by Gasteiger charge is 2.20. The van der Waals surface area contributed by atoms with Crippen molar-refractivity contribution < 1.29 is 0 Å². The third-order valence-electron chi connectivity index (χ3n) is 3.81. The number of likely N-dealkylation sites (N-methyl/N-ethyl adjacent to an activating group) is 1. The fourth-order valence-corrected chi connectivity index (χ4v) is 2.39. The lowest BCUT2D eigenvalue weighted by Gasteiger charge is -2.36. The van der Waals surface area contributed by atoms with E-state index in [9.17, 15) is 0 Å². The predicted octanol–water partition coefficient (Wildman–Crippen LogP) is 1.12. The van der Waals surface area contributed by atoms with Gasteiger partial charge in [-0.2, -0.15) is 0 Å². The quantitative estimate of drug-likeness (QED) is 0.733. The monoisotopic (exact) mass is 227 g/mol. The lowest BCUT2D eigenvalue weighted by atomic mass is 9.95. The van der Waals surface area contributed by atoms with E-state index in [0.717, 1.165) is 18.4 Å². The first kappa shape index (κ1) is 13.9. The van der Waals surface area contributed by atoms with E-state index in [1.165, 1.54) is 39.3 Å². The van der Waals surface area contributed by atoms with E-state index in [4.69, 9.17) is 0 Å². The van der Waals surface area contributed by atoms with Gasteiger partial charge in [0.2, 0.25) is 0 Å². The van der Waals surface area contributed by atoms with Crippen molar-refractivity contribution in [2.24, 2.45) is 11.8 Å². The summed E-state index contributed by atoms with van der Waals surface area (Å²) in [4.78, 5) is 5.17. The number of piperazine rings is 1. The molecule has 1 heterocycles. The molecule has 0 aromatic rings. The van der Waals surface area contributed by atoms with Crippen LogP contribution in [-0.4, -0.2) is 62.7 Å². The summed E-state index contributed by atoms with van der Waals surface area (Å²) in [6.07, 6.45) is 0. The molecule has 3 heteroatoms. The van der Waals surface area contributed by atoms with Gasteiger partial charge in [-0.15, -0.1) is 0 Å². The number of nitrogens with one attached hydrogen (secondary N) is 1. The maximum absolute atomic E-state index is 3.32. The second-order valence-electron chi connectivity index (χ2n) is 5.30. The molecule has 0 radical (unpaired) electrons. The third kappa shape index (κ3) is 4.40. The molecular formula is C13H29N3. The minimum atomic E-state index is 0.775. The standard InChI is InChI=1S/C13H29N3/c1-5-15-6-8-16(9-7-15)11-13(10-14-4)12(2)3/h12-14H,5-11H2,1-4H3. The van der Waals surface area contributed by atoms with Gasteiger partial charge in [-0.1, -0.05) is 20.8 Å². The van der Waals surface area contributed by atoms with Crippen molar-refractivity contribution in [3.63, 3.8) is 0 Å². The van der Waals surface area contributed by atoms with Gasteiger partial charge in [0.1, 0.15) is 0 Å². The van der Waals surface area contributed by atoms with Crippen LogP contribution < -0.4 is 5.32 Å². The summed E-state index contributed by atoms with van der Waals surface area (Å²) < 4.78 is 0. The van der Waals surface area contributed by atoms with Crippen LogP contribution in [0.2, 0.25) is 0 Å². The van der Waals surface area contributed by atoms with E-state index in [0.29, 0.717) is 0 Å². The fraction of sp³-hybridized carbons (Fsp3) is 1.00. The number of rotatable bonds is 6. The van der Waals surface area contributed by atoms with Crippen LogP contribution in [-0.2, 0) is 0 Å². The number of hydrogen-bond donors (Lipinski definition) is 1. The molecular weight excluding hydrogens is 198 g/mol. The van der Waals surface area contributed by atoms with E-state index in [-0.39, 0.29) is 0 Å². The van der Waals surface area contributed by atoms with Crippen LogP contribution in [0.25, 0.3) is 0 Å². The van der Waals surface area contributed by atoms with Crippen molar-refractivity contribution in [3.05, 3.63) is 0 Å². The highest BCUT2D eigenvalue weighted by atomic mass is 15.3. The summed E-state index contributed by atoms with van der Waals surface area (Å²) >= 11 is 0. The zero-order valence-electron chi connectivity index (χ0n) is 11.5. The van der Waals surface area contributed by atoms with Crippen molar-refractivity contribution in [3.8, 4) is 0 Å². The second-order valence-corrected chi connectivity index (χ2v) is 5.30. The van der Waals surface area contributed by atoms with Gasteiger partial charge in [0, 0.05) is 32.7 Å². The Kier molecular flexibility index (Phi) is 6.32. The lowest BCUT2D eigenvalue weighted by molar-refractivity contribution is 0.112. The molecule has 0 amide bonds. The second kappa shape index (κ2) is 7.25. The van der Waals surface area contributed by atoms with Crippen LogP contribution in [0.15, 0.2) is 0 Å². The van der Waals surface area contributed by atoms with Crippen molar-refractivity contribution in [1.29, 1.82) is 0 Å². The van der Waals surface area contributed by atoms with Crippen LogP contribution in [0.1, 0.15) is 20.8 Å². The number of hydrogen-bond acceptors (Lipinski definition) is 3. The molecule has 1 saturated heterocycles. The van der Waals surface area contributed by atoms with Crippen LogP contribution in [0, 0.1) is 11.8 Å². The van der Waals surface area contributed by atoms with Crippen LogP contribution in [0.4, 0.5) is 0 Å². The Morgan fingerprint density at radius 2 is 1.62 bits per heavy atom. The minimum absolute atomic E-state index is 0.775. The summed E-state index contributed by atoms with van der Waals surface area (Å²) in [5.74, 6) is 1.56. The lowest BCUT2D eigenvalue weighted by Crippen LogP contribution is -2.48. The van der Waals surface area contributed by atoms with Crippen LogP contribution >= 0.6 is 0 Å². The van der Waals surface area contributed by atoms with Crippen LogP contribution in [0.3, 0.4) is 0 Å². The van der Waals surface area contributed by atoms with Crippen molar-refractivity contribution in [1.82, 2.24) is 15.1 Å². The third-order valence-corrected chi connectivity index (χ3v) is 3.81. The highest BCUT2D eigenvalue weighted by Crippen LogP contribution is 2.13. The molecule has 0 aliphatic carbocycles. The molecule has 0 aromatic heterocycles. The Bertz CT molecular complexity index is 174. The van der Waals surface area contributed by atoms with Crippen molar-refractivity contribution >= 4 is 0 Å². The van der Waals surface area contributed by atoms with Crippen molar-refractivity contribution in [2.75, 3.05) is 52.9 Å². The normalized spacial score (nSPS) is 21.6. The largest absolute Gasteiger partial charge is 0.319 e. The first-order valence-electron chi connectivity index (χ1n) is 6.76. The van der Waals surface area contributed by atoms with Gasteiger partial charge in [-0.3, -0.25) is 0 Å². The molecule has 1 atom stereocenters. The Balaban J connectivity index is 2.30. The molecule has 0 aromatic carbocycles. The molecule has 0 spiro atoms. The minimum Gasteiger partial charge on any atom is -0.319 e. The average Bonchev–Trinajstić information content (AvgIpc) is 2.29. The van der Waals surface area contributed by atoms with E-state index >= 15 is 0 Å². The number of nitrogens with zero attached hydrogens (tertiary/aromatic N) is 2. The summed E-state index contributed by atoms with van der Waals surface area (Å²) in [6, 6.07) is 0. The molecule has 1 unspecified atom stereocenters. The molecule has 1 rings (SSSR count). The zero-order chi connectivity index (χ0) is 12.0. The first-order valence-corrected chi connectivity index (χ1v) is 6.76. The molecule has 1 aliphatic rings. The molecule has 1 N–H and O–H groups in total. The molecule has 0 saturated carbocycles. The molecule has 1 aliphatic heterocycles. The van der Waals surface area contributed by atoms with Gasteiger partial charge >= 0.3 is 0 Å². The Morgan fingerprint density at radius 1 is 1.06 bits per heavy atom. The SMILES string of the molecule is CCN1CCN(CC(CNC)C(C)C)CC1.